The zero-order valence-electron chi connectivity index (χ0n) is 23.5. The van der Waals surface area contributed by atoms with Gasteiger partial charge in [0.2, 0.25) is 0 Å². The fraction of sp³-hybridized carbons (Fsp3) is 0.548. The molecule has 0 spiro atoms. The molecular formula is C31H41F2N3O4. The van der Waals surface area contributed by atoms with Gasteiger partial charge in [-0.3, -0.25) is 9.69 Å². The number of likely N-dealkylation sites (tertiary alicyclic amines) is 2. The number of carboxylic acid groups (broad SMARTS) is 1. The van der Waals surface area contributed by atoms with Gasteiger partial charge in [-0.15, -0.1) is 0 Å². The average molecular weight is 558 g/mol. The van der Waals surface area contributed by atoms with E-state index in [0.29, 0.717) is 49.9 Å². The summed E-state index contributed by atoms with van der Waals surface area (Å²) >= 11 is 0. The summed E-state index contributed by atoms with van der Waals surface area (Å²) in [6.45, 7) is 7.29. The molecule has 218 valence electrons. The molecule has 0 aromatic heterocycles. The smallest absolute Gasteiger partial charge is 0.326 e. The highest BCUT2D eigenvalue weighted by Crippen LogP contribution is 2.45. The number of rotatable bonds is 8. The summed E-state index contributed by atoms with van der Waals surface area (Å²) in [6, 6.07) is 6.41. The Hall–Kier alpha value is -3.20. The van der Waals surface area contributed by atoms with Crippen LogP contribution in [0.2, 0.25) is 0 Å². The van der Waals surface area contributed by atoms with E-state index >= 15 is 4.39 Å². The summed E-state index contributed by atoms with van der Waals surface area (Å²) in [6.07, 6.45) is 5.94. The van der Waals surface area contributed by atoms with E-state index in [0.717, 1.165) is 49.9 Å². The zero-order valence-corrected chi connectivity index (χ0v) is 23.5. The van der Waals surface area contributed by atoms with Crippen molar-refractivity contribution in [2.75, 3.05) is 32.0 Å². The van der Waals surface area contributed by atoms with Crippen LogP contribution in [0.5, 0.6) is 5.75 Å². The van der Waals surface area contributed by atoms with Gasteiger partial charge in [-0.1, -0.05) is 20.3 Å². The minimum atomic E-state index is -1.06. The van der Waals surface area contributed by atoms with Crippen LogP contribution in [0.3, 0.4) is 0 Å². The van der Waals surface area contributed by atoms with Crippen LogP contribution < -0.4 is 10.5 Å². The molecule has 0 radical (unpaired) electrons. The summed E-state index contributed by atoms with van der Waals surface area (Å²) < 4.78 is 34.8. The molecule has 40 heavy (non-hydrogen) atoms. The number of carbonyl (C=O) groups excluding carboxylic acids is 1. The number of amides is 1. The van der Waals surface area contributed by atoms with Gasteiger partial charge < -0.3 is 20.5 Å². The van der Waals surface area contributed by atoms with E-state index in [-0.39, 0.29) is 17.3 Å². The number of piperidine rings is 1. The van der Waals surface area contributed by atoms with Gasteiger partial charge in [-0.2, -0.15) is 0 Å². The van der Waals surface area contributed by atoms with E-state index in [1.807, 2.05) is 0 Å². The quantitative estimate of drug-likeness (QED) is 0.397. The lowest BCUT2D eigenvalue weighted by Gasteiger charge is -2.32. The Bertz CT molecular complexity index is 1200. The Kier molecular flexibility index (Phi) is 10.0. The number of benzene rings is 2. The third-order valence-electron chi connectivity index (χ3n) is 7.83. The topological polar surface area (TPSA) is 96.1 Å². The van der Waals surface area contributed by atoms with Crippen molar-refractivity contribution < 1.29 is 28.2 Å². The van der Waals surface area contributed by atoms with Crippen molar-refractivity contribution in [1.82, 2.24) is 9.80 Å². The van der Waals surface area contributed by atoms with Crippen molar-refractivity contribution in [2.24, 2.45) is 5.92 Å². The number of anilines is 1. The van der Waals surface area contributed by atoms with Gasteiger partial charge in [-0.05, 0) is 98.8 Å². The van der Waals surface area contributed by atoms with E-state index in [1.165, 1.54) is 29.5 Å². The number of aliphatic carboxylic acids is 1. The van der Waals surface area contributed by atoms with Gasteiger partial charge in [0.1, 0.15) is 23.4 Å². The molecule has 2 aliphatic heterocycles. The van der Waals surface area contributed by atoms with E-state index in [4.69, 9.17) is 10.5 Å². The third-order valence-corrected chi connectivity index (χ3v) is 7.83. The molecule has 7 nitrogen and oxygen atoms in total. The normalized spacial score (nSPS) is 19.7. The van der Waals surface area contributed by atoms with Crippen molar-refractivity contribution in [3.8, 4) is 5.75 Å². The summed E-state index contributed by atoms with van der Waals surface area (Å²) in [7, 11) is 0. The maximum Gasteiger partial charge on any atom is 0.326 e. The lowest BCUT2D eigenvalue weighted by atomic mass is 9.97. The molecule has 3 fully saturated rings. The maximum absolute atomic E-state index is 15.1. The lowest BCUT2D eigenvalue weighted by molar-refractivity contribution is -0.141. The van der Waals surface area contributed by atoms with Crippen molar-refractivity contribution in [1.29, 1.82) is 0 Å². The number of nitrogen functional groups attached to an aromatic ring is 1. The first-order valence-corrected chi connectivity index (χ1v) is 14.5. The van der Waals surface area contributed by atoms with Crippen LogP contribution in [0, 0.1) is 17.6 Å². The van der Waals surface area contributed by atoms with Crippen LogP contribution in [0.25, 0.3) is 0 Å². The van der Waals surface area contributed by atoms with Gasteiger partial charge in [-0.25, -0.2) is 13.6 Å². The van der Waals surface area contributed by atoms with Gasteiger partial charge in [0.05, 0.1) is 12.2 Å². The van der Waals surface area contributed by atoms with E-state index in [2.05, 4.69) is 18.7 Å². The minimum absolute atomic E-state index is 0.0765. The number of nitrogens with zero attached hydrogens (tertiary/aromatic N) is 2. The molecule has 2 aromatic carbocycles. The predicted octanol–water partition coefficient (Wildman–Crippen LogP) is 5.82. The minimum Gasteiger partial charge on any atom is -0.493 e. The second kappa shape index (κ2) is 13.4. The molecule has 5 rings (SSSR count). The van der Waals surface area contributed by atoms with Crippen LogP contribution in [0.15, 0.2) is 30.3 Å². The zero-order chi connectivity index (χ0) is 28.8. The fourth-order valence-corrected chi connectivity index (χ4v) is 5.47. The molecule has 0 bridgehead atoms. The van der Waals surface area contributed by atoms with Crippen molar-refractivity contribution in [3.05, 3.63) is 58.7 Å². The van der Waals surface area contributed by atoms with Gasteiger partial charge >= 0.3 is 5.97 Å². The summed E-state index contributed by atoms with van der Waals surface area (Å²) in [4.78, 5) is 28.1. The highest BCUT2D eigenvalue weighted by atomic mass is 19.1. The SMILES string of the molecule is CCC.Nc1ccc(F)cc1CN1CCC(COc2cc(F)c(C(=O)N3CCC[C@H]3C(=O)O)cc2C2CC2)CC1. The number of halogens is 2. The molecular weight excluding hydrogens is 516 g/mol. The lowest BCUT2D eigenvalue weighted by Crippen LogP contribution is -2.40. The number of nitrogens with two attached hydrogens (primary N) is 1. The van der Waals surface area contributed by atoms with E-state index < -0.39 is 23.7 Å². The molecule has 2 saturated heterocycles. The van der Waals surface area contributed by atoms with Crippen molar-refractivity contribution in [3.63, 3.8) is 0 Å². The molecule has 2 heterocycles. The molecule has 9 heteroatoms. The Balaban J connectivity index is 0.00000118. The highest BCUT2D eigenvalue weighted by molar-refractivity contribution is 5.97. The van der Waals surface area contributed by atoms with Crippen LogP contribution in [0.4, 0.5) is 14.5 Å². The standard InChI is InChI=1S/C28H33F2N3O4.C3H8/c29-20-5-6-24(31)19(12-20)15-32-10-7-17(8-11-32)16-37-26-14-23(30)22(13-21(26)18-3-4-18)27(34)33-9-1-2-25(33)28(35)36;1-3-2/h5-6,12-14,17-18,25H,1-4,7-11,15-16,31H2,(H,35,36);3H2,1-2H3/t25-;/m0./s1. The molecule has 0 unspecified atom stereocenters. The number of hydrogen-bond donors (Lipinski definition) is 2. The monoisotopic (exact) mass is 557 g/mol. The van der Waals surface area contributed by atoms with Crippen LogP contribution in [-0.4, -0.2) is 59.1 Å². The predicted molar refractivity (Wildman–Crippen MR) is 150 cm³/mol. The summed E-state index contributed by atoms with van der Waals surface area (Å²) in [5.41, 5.74) is 8.12. The molecule has 2 aromatic rings. The largest absolute Gasteiger partial charge is 0.493 e. The number of carbonyl (C=O) groups is 2. The first kappa shape index (κ1) is 29.8. The second-order valence-electron chi connectivity index (χ2n) is 11.2. The number of hydrogen-bond acceptors (Lipinski definition) is 5. The Morgan fingerprint density at radius 3 is 2.38 bits per heavy atom. The fourth-order valence-electron chi connectivity index (χ4n) is 5.47. The second-order valence-corrected chi connectivity index (χ2v) is 11.2. The van der Waals surface area contributed by atoms with Gasteiger partial charge in [0.15, 0.2) is 0 Å². The molecule has 1 atom stereocenters. The first-order valence-electron chi connectivity index (χ1n) is 14.5. The van der Waals surface area contributed by atoms with Gasteiger partial charge in [0.25, 0.3) is 5.91 Å². The Labute approximate surface area is 235 Å². The number of ether oxygens (including phenoxy) is 1. The van der Waals surface area contributed by atoms with Gasteiger partial charge in [0, 0.05) is 24.8 Å². The van der Waals surface area contributed by atoms with Crippen molar-refractivity contribution in [2.45, 2.75) is 77.3 Å². The van der Waals surface area contributed by atoms with Crippen LogP contribution in [-0.2, 0) is 11.3 Å². The molecule has 3 N–H and O–H groups in total. The van der Waals surface area contributed by atoms with E-state index in [1.54, 1.807) is 12.1 Å². The molecule has 1 aliphatic carbocycles. The average Bonchev–Trinajstić information content (AvgIpc) is 3.65. The highest BCUT2D eigenvalue weighted by Gasteiger charge is 2.37. The summed E-state index contributed by atoms with van der Waals surface area (Å²) in [5, 5.41) is 9.42. The molecule has 3 aliphatic rings. The third kappa shape index (κ3) is 7.30. The van der Waals surface area contributed by atoms with Crippen LogP contribution in [0.1, 0.15) is 86.2 Å². The Morgan fingerprint density at radius 2 is 1.73 bits per heavy atom. The number of carboxylic acids is 1. The molecule has 1 amide bonds. The van der Waals surface area contributed by atoms with E-state index in [9.17, 15) is 19.1 Å². The first-order chi connectivity index (χ1) is 19.2. The van der Waals surface area contributed by atoms with Crippen LogP contribution >= 0.6 is 0 Å². The maximum atomic E-state index is 15.1. The summed E-state index contributed by atoms with van der Waals surface area (Å²) in [5.74, 6) is -1.58. The van der Waals surface area contributed by atoms with Crippen molar-refractivity contribution >= 4 is 17.6 Å². The Morgan fingerprint density at radius 1 is 1.02 bits per heavy atom. The molecule has 1 saturated carbocycles.